The standard InChI is InChI=1S/C30H35N/c1-4-22(14-17-31)10-9-15-29-20-25-18-23(5-2)19-26-21(3)30(29,28(25)26)16-13-27(29)24-11-7-6-8-12-24/h6-12,14-15,17-19,21,27H,4-5,13,16,20,31H2,1-3H3/b15-9+,17-14-,22-10-. The van der Waals surface area contributed by atoms with E-state index in [-0.39, 0.29) is 5.41 Å². The summed E-state index contributed by atoms with van der Waals surface area (Å²) in [5, 5.41) is 0. The molecule has 2 N–H and O–H groups in total. The second-order valence-electron chi connectivity index (χ2n) is 9.80. The van der Waals surface area contributed by atoms with Crippen molar-refractivity contribution in [3.05, 3.63) is 106 Å². The van der Waals surface area contributed by atoms with Crippen molar-refractivity contribution in [3.8, 4) is 0 Å². The molecule has 1 heteroatoms. The van der Waals surface area contributed by atoms with Crippen molar-refractivity contribution in [1.29, 1.82) is 0 Å². The Balaban J connectivity index is 1.66. The lowest BCUT2D eigenvalue weighted by Gasteiger charge is -2.54. The van der Waals surface area contributed by atoms with Gasteiger partial charge in [0.25, 0.3) is 0 Å². The second kappa shape index (κ2) is 7.55. The fourth-order valence-corrected chi connectivity index (χ4v) is 7.41. The first-order valence-electron chi connectivity index (χ1n) is 12.1. The van der Waals surface area contributed by atoms with Gasteiger partial charge >= 0.3 is 0 Å². The molecule has 0 radical (unpaired) electrons. The fraction of sp³-hybridized carbons (Fsp3) is 0.400. The molecular formula is C30H35N. The molecule has 0 heterocycles. The van der Waals surface area contributed by atoms with E-state index in [1.54, 1.807) is 22.9 Å². The van der Waals surface area contributed by atoms with Crippen LogP contribution in [0, 0.1) is 5.41 Å². The molecule has 1 nitrogen and oxygen atoms in total. The van der Waals surface area contributed by atoms with Gasteiger partial charge in [-0.05, 0) is 89.6 Å². The van der Waals surface area contributed by atoms with Crippen LogP contribution in [-0.2, 0) is 18.3 Å². The van der Waals surface area contributed by atoms with Crippen molar-refractivity contribution in [1.82, 2.24) is 0 Å². The summed E-state index contributed by atoms with van der Waals surface area (Å²) in [5.41, 5.74) is 15.4. The lowest BCUT2D eigenvalue weighted by atomic mass is 9.48. The van der Waals surface area contributed by atoms with Gasteiger partial charge in [-0.3, -0.25) is 0 Å². The third-order valence-electron chi connectivity index (χ3n) is 8.76. The van der Waals surface area contributed by atoms with Crippen molar-refractivity contribution in [2.75, 3.05) is 0 Å². The molecule has 1 saturated carbocycles. The molecule has 3 aliphatic carbocycles. The highest BCUT2D eigenvalue weighted by molar-refractivity contribution is 5.65. The Kier molecular flexibility index (Phi) is 4.96. The normalized spacial score (nSPS) is 31.3. The Morgan fingerprint density at radius 3 is 2.68 bits per heavy atom. The molecule has 3 aliphatic rings. The molecule has 5 rings (SSSR count). The summed E-state index contributed by atoms with van der Waals surface area (Å²) in [6.45, 7) is 6.98. The van der Waals surface area contributed by atoms with Crippen molar-refractivity contribution < 1.29 is 0 Å². The van der Waals surface area contributed by atoms with Crippen LogP contribution in [0.5, 0.6) is 0 Å². The lowest BCUT2D eigenvalue weighted by Crippen LogP contribution is -2.49. The Bertz CT molecular complexity index is 1070. The Labute approximate surface area is 187 Å². The van der Waals surface area contributed by atoms with Crippen molar-refractivity contribution >= 4 is 0 Å². The summed E-state index contributed by atoms with van der Waals surface area (Å²) >= 11 is 0. The van der Waals surface area contributed by atoms with Crippen LogP contribution in [0.3, 0.4) is 0 Å². The largest absolute Gasteiger partial charge is 0.405 e. The van der Waals surface area contributed by atoms with Crippen molar-refractivity contribution in [2.24, 2.45) is 11.1 Å². The van der Waals surface area contributed by atoms with Gasteiger partial charge in [0, 0.05) is 10.8 Å². The first-order chi connectivity index (χ1) is 15.1. The maximum absolute atomic E-state index is 5.67. The molecule has 160 valence electrons. The Hall–Kier alpha value is -2.54. The zero-order chi connectivity index (χ0) is 21.6. The summed E-state index contributed by atoms with van der Waals surface area (Å²) in [5.74, 6) is 1.20. The smallest absolute Gasteiger partial charge is 0.0125 e. The second-order valence-corrected chi connectivity index (χ2v) is 9.80. The highest BCUT2D eigenvalue weighted by Gasteiger charge is 2.70. The average molecular weight is 410 g/mol. The van der Waals surface area contributed by atoms with Crippen LogP contribution in [0.1, 0.15) is 79.7 Å². The van der Waals surface area contributed by atoms with Gasteiger partial charge in [0.1, 0.15) is 0 Å². The van der Waals surface area contributed by atoms with Crippen LogP contribution >= 0.6 is 0 Å². The first-order valence-corrected chi connectivity index (χ1v) is 12.1. The van der Waals surface area contributed by atoms with Gasteiger partial charge in [-0.1, -0.05) is 81.5 Å². The third kappa shape index (κ3) is 2.68. The highest BCUT2D eigenvalue weighted by atomic mass is 14.7. The van der Waals surface area contributed by atoms with Crippen LogP contribution in [-0.4, -0.2) is 0 Å². The number of allylic oxidation sites excluding steroid dienone is 5. The van der Waals surface area contributed by atoms with Gasteiger partial charge in [0.15, 0.2) is 0 Å². The molecule has 1 fully saturated rings. The predicted molar refractivity (Wildman–Crippen MR) is 131 cm³/mol. The van der Waals surface area contributed by atoms with Gasteiger partial charge in [0.2, 0.25) is 0 Å². The topological polar surface area (TPSA) is 26.0 Å². The number of nitrogens with two attached hydrogens (primary N) is 1. The summed E-state index contributed by atoms with van der Waals surface area (Å²) in [4.78, 5) is 0. The van der Waals surface area contributed by atoms with E-state index in [0.717, 1.165) is 12.8 Å². The van der Waals surface area contributed by atoms with E-state index in [0.29, 0.717) is 17.3 Å². The lowest BCUT2D eigenvalue weighted by molar-refractivity contribution is 0.162. The highest BCUT2D eigenvalue weighted by Crippen LogP contribution is 2.77. The summed E-state index contributed by atoms with van der Waals surface area (Å²) in [6, 6.07) is 16.3. The van der Waals surface area contributed by atoms with E-state index >= 15 is 0 Å². The summed E-state index contributed by atoms with van der Waals surface area (Å²) < 4.78 is 0. The molecule has 0 bridgehead atoms. The third-order valence-corrected chi connectivity index (χ3v) is 8.76. The van der Waals surface area contributed by atoms with E-state index in [1.807, 2.05) is 6.08 Å². The maximum Gasteiger partial charge on any atom is 0.0125 e. The Morgan fingerprint density at radius 1 is 1.16 bits per heavy atom. The molecule has 0 aliphatic heterocycles. The molecule has 4 unspecified atom stereocenters. The molecule has 0 amide bonds. The molecule has 2 aromatic carbocycles. The van der Waals surface area contributed by atoms with E-state index < -0.39 is 0 Å². The minimum atomic E-state index is 0.164. The number of hydrogen-bond donors (Lipinski definition) is 1. The van der Waals surface area contributed by atoms with Crippen LogP contribution in [0.2, 0.25) is 0 Å². The molecule has 0 saturated heterocycles. The van der Waals surface area contributed by atoms with Crippen molar-refractivity contribution in [3.63, 3.8) is 0 Å². The van der Waals surface area contributed by atoms with Gasteiger partial charge < -0.3 is 5.73 Å². The zero-order valence-electron chi connectivity index (χ0n) is 19.2. The first kappa shape index (κ1) is 20.4. The number of hydrogen-bond acceptors (Lipinski definition) is 1. The van der Waals surface area contributed by atoms with E-state index in [4.69, 9.17) is 5.73 Å². The van der Waals surface area contributed by atoms with Gasteiger partial charge in [-0.2, -0.15) is 0 Å². The maximum atomic E-state index is 5.67. The average Bonchev–Trinajstić information content (AvgIpc) is 3.27. The van der Waals surface area contributed by atoms with E-state index in [1.165, 1.54) is 36.0 Å². The summed E-state index contributed by atoms with van der Waals surface area (Å²) in [6.07, 6.45) is 16.8. The monoisotopic (exact) mass is 409 g/mol. The number of benzene rings is 2. The molecule has 4 atom stereocenters. The molecule has 2 aromatic rings. The van der Waals surface area contributed by atoms with Crippen LogP contribution in [0.15, 0.2) is 78.5 Å². The predicted octanol–water partition coefficient (Wildman–Crippen LogP) is 7.09. The minimum absolute atomic E-state index is 0.164. The number of aryl methyl sites for hydroxylation is 1. The van der Waals surface area contributed by atoms with Crippen LogP contribution in [0.25, 0.3) is 0 Å². The molecule has 0 aromatic heterocycles. The Morgan fingerprint density at radius 2 is 1.97 bits per heavy atom. The summed E-state index contributed by atoms with van der Waals surface area (Å²) in [7, 11) is 0. The molecule has 1 spiro atoms. The van der Waals surface area contributed by atoms with Gasteiger partial charge in [-0.25, -0.2) is 0 Å². The SMILES string of the molecule is CCC(/C=C\N)=C/C=C/C12Cc3cc(CC)cc4c3C1(CCC2c1ccccc1)C4C. The number of rotatable bonds is 6. The van der Waals surface area contributed by atoms with Crippen LogP contribution < -0.4 is 5.73 Å². The van der Waals surface area contributed by atoms with Crippen LogP contribution in [0.4, 0.5) is 0 Å². The quantitative estimate of drug-likeness (QED) is 0.506. The van der Waals surface area contributed by atoms with E-state index in [2.05, 4.69) is 81.5 Å². The van der Waals surface area contributed by atoms with Crippen molar-refractivity contribution in [2.45, 2.75) is 70.1 Å². The van der Waals surface area contributed by atoms with Gasteiger partial charge in [-0.15, -0.1) is 0 Å². The fourth-order valence-electron chi connectivity index (χ4n) is 7.41. The zero-order valence-corrected chi connectivity index (χ0v) is 19.2. The molecule has 31 heavy (non-hydrogen) atoms. The van der Waals surface area contributed by atoms with Gasteiger partial charge in [0.05, 0.1) is 0 Å². The van der Waals surface area contributed by atoms with E-state index in [9.17, 15) is 0 Å². The molecular weight excluding hydrogens is 374 g/mol. The minimum Gasteiger partial charge on any atom is -0.405 e.